The third kappa shape index (κ3) is 2.74. The van der Waals surface area contributed by atoms with E-state index in [1.54, 1.807) is 0 Å². The van der Waals surface area contributed by atoms with Gasteiger partial charge in [0.25, 0.3) is 5.82 Å². The zero-order chi connectivity index (χ0) is 13.5. The number of aromatic amines is 1. The molecular formula is C11H16F3N5. The molecule has 3 saturated heterocycles. The molecule has 0 saturated carbocycles. The van der Waals surface area contributed by atoms with Gasteiger partial charge in [0.1, 0.15) is 5.82 Å². The van der Waals surface area contributed by atoms with Gasteiger partial charge >= 0.3 is 6.18 Å². The van der Waals surface area contributed by atoms with Crippen molar-refractivity contribution in [2.45, 2.75) is 31.6 Å². The van der Waals surface area contributed by atoms with E-state index in [0.717, 1.165) is 19.6 Å². The van der Waals surface area contributed by atoms with Gasteiger partial charge in [0, 0.05) is 12.6 Å². The maximum Gasteiger partial charge on any atom is 0.453 e. The van der Waals surface area contributed by atoms with Crippen molar-refractivity contribution in [1.29, 1.82) is 0 Å². The van der Waals surface area contributed by atoms with Crippen LogP contribution in [-0.4, -0.2) is 45.8 Å². The number of hydrogen-bond donors (Lipinski definition) is 2. The number of rotatable bonds is 3. The van der Waals surface area contributed by atoms with Gasteiger partial charge in [-0.05, 0) is 31.8 Å². The van der Waals surface area contributed by atoms with Gasteiger partial charge in [-0.3, -0.25) is 5.10 Å². The van der Waals surface area contributed by atoms with Crippen molar-refractivity contribution in [1.82, 2.24) is 25.4 Å². The van der Waals surface area contributed by atoms with Gasteiger partial charge in [0.05, 0.1) is 6.54 Å². The smallest absolute Gasteiger partial charge is 0.305 e. The van der Waals surface area contributed by atoms with E-state index in [2.05, 4.69) is 25.4 Å². The highest BCUT2D eigenvalue weighted by Crippen LogP contribution is 2.28. The molecule has 1 aromatic heterocycles. The Morgan fingerprint density at radius 2 is 2.05 bits per heavy atom. The van der Waals surface area contributed by atoms with E-state index in [1.807, 2.05) is 0 Å². The quantitative estimate of drug-likeness (QED) is 0.864. The minimum absolute atomic E-state index is 0.240. The molecule has 0 unspecified atom stereocenters. The van der Waals surface area contributed by atoms with Crippen LogP contribution in [0.25, 0.3) is 0 Å². The number of hydrogen-bond acceptors (Lipinski definition) is 4. The first-order valence-corrected chi connectivity index (χ1v) is 6.46. The molecule has 1 aromatic rings. The molecule has 0 aromatic carbocycles. The molecule has 4 heterocycles. The van der Waals surface area contributed by atoms with Crippen molar-refractivity contribution in [3.8, 4) is 0 Å². The lowest BCUT2D eigenvalue weighted by atomic mass is 9.84. The zero-order valence-corrected chi connectivity index (χ0v) is 10.4. The number of alkyl halides is 3. The van der Waals surface area contributed by atoms with Crippen LogP contribution in [0.15, 0.2) is 0 Å². The number of aromatic nitrogens is 3. The van der Waals surface area contributed by atoms with Gasteiger partial charge < -0.3 is 10.2 Å². The van der Waals surface area contributed by atoms with Crippen molar-refractivity contribution < 1.29 is 13.2 Å². The summed E-state index contributed by atoms with van der Waals surface area (Å²) in [6, 6.07) is 0.349. The van der Waals surface area contributed by atoms with Crippen molar-refractivity contribution in [3.05, 3.63) is 11.6 Å². The van der Waals surface area contributed by atoms with Crippen LogP contribution in [0.5, 0.6) is 0 Å². The Bertz CT molecular complexity index is 436. The summed E-state index contributed by atoms with van der Waals surface area (Å²) in [5, 5.41) is 8.82. The van der Waals surface area contributed by atoms with Crippen molar-refractivity contribution >= 4 is 0 Å². The van der Waals surface area contributed by atoms with Crippen molar-refractivity contribution in [2.24, 2.45) is 5.92 Å². The molecule has 0 spiro atoms. The van der Waals surface area contributed by atoms with E-state index in [0.29, 0.717) is 18.5 Å². The molecule has 19 heavy (non-hydrogen) atoms. The first-order chi connectivity index (χ1) is 9.02. The Morgan fingerprint density at radius 1 is 1.32 bits per heavy atom. The molecule has 2 bridgehead atoms. The Labute approximate surface area is 108 Å². The highest BCUT2D eigenvalue weighted by molar-refractivity contribution is 4.96. The lowest BCUT2D eigenvalue weighted by molar-refractivity contribution is -0.144. The van der Waals surface area contributed by atoms with E-state index < -0.39 is 12.0 Å². The fraction of sp³-hybridized carbons (Fsp3) is 0.818. The number of halogens is 3. The average molecular weight is 275 g/mol. The Morgan fingerprint density at radius 3 is 2.58 bits per heavy atom. The molecule has 5 nitrogen and oxygen atoms in total. The van der Waals surface area contributed by atoms with E-state index in [4.69, 9.17) is 0 Å². The summed E-state index contributed by atoms with van der Waals surface area (Å²) < 4.78 is 37.0. The van der Waals surface area contributed by atoms with Gasteiger partial charge in [-0.15, -0.1) is 5.10 Å². The molecule has 3 fully saturated rings. The SMILES string of the molecule is FC(F)(F)c1n[nH]c(CN[C@@H]2CN3CCC2CC3)n1. The molecule has 8 heteroatoms. The number of H-pyrrole nitrogens is 1. The minimum atomic E-state index is -4.48. The van der Waals surface area contributed by atoms with Crippen molar-refractivity contribution in [2.75, 3.05) is 19.6 Å². The third-order valence-corrected chi connectivity index (χ3v) is 3.97. The first-order valence-electron chi connectivity index (χ1n) is 6.46. The summed E-state index contributed by atoms with van der Waals surface area (Å²) in [5.41, 5.74) is 0. The number of piperidine rings is 3. The maximum absolute atomic E-state index is 12.3. The van der Waals surface area contributed by atoms with E-state index in [1.165, 1.54) is 12.8 Å². The van der Waals surface area contributed by atoms with Crippen LogP contribution in [0, 0.1) is 5.92 Å². The lowest BCUT2D eigenvalue weighted by Gasteiger charge is -2.45. The van der Waals surface area contributed by atoms with Gasteiger partial charge in [-0.1, -0.05) is 0 Å². The topological polar surface area (TPSA) is 56.8 Å². The maximum atomic E-state index is 12.3. The van der Waals surface area contributed by atoms with E-state index in [9.17, 15) is 13.2 Å². The average Bonchev–Trinajstić information content (AvgIpc) is 2.86. The molecule has 0 aliphatic carbocycles. The number of nitrogens with one attached hydrogen (secondary N) is 2. The van der Waals surface area contributed by atoms with Crippen LogP contribution < -0.4 is 5.32 Å². The molecule has 106 valence electrons. The van der Waals surface area contributed by atoms with Crippen LogP contribution in [0.2, 0.25) is 0 Å². The highest BCUT2D eigenvalue weighted by atomic mass is 19.4. The second-order valence-corrected chi connectivity index (χ2v) is 5.23. The fourth-order valence-corrected chi connectivity index (χ4v) is 2.93. The van der Waals surface area contributed by atoms with Crippen LogP contribution in [0.1, 0.15) is 24.5 Å². The highest BCUT2D eigenvalue weighted by Gasteiger charge is 2.36. The largest absolute Gasteiger partial charge is 0.453 e. The predicted molar refractivity (Wildman–Crippen MR) is 61.2 cm³/mol. The fourth-order valence-electron chi connectivity index (χ4n) is 2.93. The standard InChI is InChI=1S/C11H16F3N5/c12-11(13,14)10-16-9(17-18-10)5-15-8-6-19-3-1-7(8)2-4-19/h7-8,15H,1-6H2,(H,16,17,18)/t8-/m1/s1. The molecule has 0 radical (unpaired) electrons. The first kappa shape index (κ1) is 12.9. The van der Waals surface area contributed by atoms with Gasteiger partial charge in [-0.2, -0.15) is 13.2 Å². The second-order valence-electron chi connectivity index (χ2n) is 5.23. The minimum Gasteiger partial charge on any atom is -0.305 e. The lowest BCUT2D eigenvalue weighted by Crippen LogP contribution is -2.55. The van der Waals surface area contributed by atoms with Crippen LogP contribution in [0.4, 0.5) is 13.2 Å². The third-order valence-electron chi connectivity index (χ3n) is 3.97. The normalized spacial score (nSPS) is 30.8. The molecule has 4 rings (SSSR count). The van der Waals surface area contributed by atoms with Crippen molar-refractivity contribution in [3.63, 3.8) is 0 Å². The number of fused-ring (bicyclic) bond motifs is 3. The predicted octanol–water partition coefficient (Wildman–Crippen LogP) is 1.01. The summed E-state index contributed by atoms with van der Waals surface area (Å²) >= 11 is 0. The Balaban J connectivity index is 1.56. The summed E-state index contributed by atoms with van der Waals surface area (Å²) in [6.07, 6.45) is -2.14. The summed E-state index contributed by atoms with van der Waals surface area (Å²) in [7, 11) is 0. The summed E-state index contributed by atoms with van der Waals surface area (Å²) in [6.45, 7) is 3.57. The van der Waals surface area contributed by atoms with Gasteiger partial charge in [0.2, 0.25) is 0 Å². The number of nitrogens with zero attached hydrogens (tertiary/aromatic N) is 3. The summed E-state index contributed by atoms with van der Waals surface area (Å²) in [4.78, 5) is 5.85. The van der Waals surface area contributed by atoms with Gasteiger partial charge in [-0.25, -0.2) is 4.98 Å². The molecule has 3 aliphatic rings. The Kier molecular flexibility index (Phi) is 3.22. The molecular weight excluding hydrogens is 259 g/mol. The van der Waals surface area contributed by atoms with Gasteiger partial charge in [0.15, 0.2) is 0 Å². The Hall–Kier alpha value is -1.15. The monoisotopic (exact) mass is 275 g/mol. The van der Waals surface area contributed by atoms with Crippen LogP contribution in [0.3, 0.4) is 0 Å². The summed E-state index contributed by atoms with van der Waals surface area (Å²) in [5.74, 6) is -0.225. The zero-order valence-electron chi connectivity index (χ0n) is 10.4. The van der Waals surface area contributed by atoms with E-state index >= 15 is 0 Å². The van der Waals surface area contributed by atoms with Crippen LogP contribution >= 0.6 is 0 Å². The van der Waals surface area contributed by atoms with Crippen LogP contribution in [-0.2, 0) is 12.7 Å². The molecule has 0 amide bonds. The van der Waals surface area contributed by atoms with E-state index in [-0.39, 0.29) is 5.82 Å². The molecule has 1 atom stereocenters. The second kappa shape index (κ2) is 4.75. The molecule has 2 N–H and O–H groups in total. The molecule has 3 aliphatic heterocycles.